The zero-order chi connectivity index (χ0) is 13.2. The Morgan fingerprint density at radius 2 is 2.16 bits per heavy atom. The van der Waals surface area contributed by atoms with Gasteiger partial charge in [0.15, 0.2) is 11.5 Å². The average Bonchev–Trinajstić information content (AvgIpc) is 2.86. The standard InChI is InChI=1S/C15H22N2O2/c1-11(2)13-8-16-5-6-17(13)9-12-3-4-14-15(7-12)19-10-18-14/h3-4,7,11,13,16H,5-6,8-10H2,1-2H3. The van der Waals surface area contributed by atoms with Crippen LogP contribution in [0.1, 0.15) is 19.4 Å². The summed E-state index contributed by atoms with van der Waals surface area (Å²) in [6.45, 7) is 9.20. The van der Waals surface area contributed by atoms with E-state index in [1.165, 1.54) is 5.56 Å². The molecule has 4 nitrogen and oxygen atoms in total. The highest BCUT2D eigenvalue weighted by Gasteiger charge is 2.25. The molecule has 104 valence electrons. The zero-order valence-electron chi connectivity index (χ0n) is 11.7. The monoisotopic (exact) mass is 262 g/mol. The maximum atomic E-state index is 5.45. The fraction of sp³-hybridized carbons (Fsp3) is 0.600. The Kier molecular flexibility index (Phi) is 3.62. The van der Waals surface area contributed by atoms with Crippen molar-refractivity contribution in [1.29, 1.82) is 0 Å². The van der Waals surface area contributed by atoms with Crippen LogP contribution in [0.5, 0.6) is 11.5 Å². The van der Waals surface area contributed by atoms with Crippen molar-refractivity contribution >= 4 is 0 Å². The van der Waals surface area contributed by atoms with E-state index < -0.39 is 0 Å². The topological polar surface area (TPSA) is 33.7 Å². The number of nitrogens with one attached hydrogen (secondary N) is 1. The molecule has 0 amide bonds. The minimum atomic E-state index is 0.348. The minimum Gasteiger partial charge on any atom is -0.454 e. The van der Waals surface area contributed by atoms with Gasteiger partial charge in [0, 0.05) is 32.2 Å². The number of fused-ring (bicyclic) bond motifs is 1. The molecule has 1 aromatic carbocycles. The number of benzene rings is 1. The van der Waals surface area contributed by atoms with Crippen molar-refractivity contribution in [3.63, 3.8) is 0 Å². The molecule has 2 aliphatic rings. The first-order chi connectivity index (χ1) is 9.24. The molecular weight excluding hydrogens is 240 g/mol. The Morgan fingerprint density at radius 3 is 3.00 bits per heavy atom. The number of piperazine rings is 1. The van der Waals surface area contributed by atoms with Gasteiger partial charge in [0.2, 0.25) is 6.79 Å². The molecule has 2 heterocycles. The number of hydrogen-bond donors (Lipinski definition) is 1. The Morgan fingerprint density at radius 1 is 1.32 bits per heavy atom. The van der Waals surface area contributed by atoms with Crippen LogP contribution >= 0.6 is 0 Å². The average molecular weight is 262 g/mol. The van der Waals surface area contributed by atoms with Gasteiger partial charge in [0.05, 0.1) is 0 Å². The van der Waals surface area contributed by atoms with Crippen molar-refractivity contribution in [3.8, 4) is 11.5 Å². The van der Waals surface area contributed by atoms with Crippen LogP contribution in [0.25, 0.3) is 0 Å². The van der Waals surface area contributed by atoms with E-state index in [1.807, 2.05) is 6.07 Å². The first-order valence-electron chi connectivity index (χ1n) is 7.07. The molecule has 1 saturated heterocycles. The summed E-state index contributed by atoms with van der Waals surface area (Å²) in [6.07, 6.45) is 0. The van der Waals surface area contributed by atoms with Gasteiger partial charge in [-0.25, -0.2) is 0 Å². The van der Waals surface area contributed by atoms with E-state index in [-0.39, 0.29) is 0 Å². The summed E-state index contributed by atoms with van der Waals surface area (Å²) in [4.78, 5) is 2.57. The van der Waals surface area contributed by atoms with Crippen LogP contribution < -0.4 is 14.8 Å². The first kappa shape index (κ1) is 12.8. The Hall–Kier alpha value is -1.26. The van der Waals surface area contributed by atoms with Crippen molar-refractivity contribution in [1.82, 2.24) is 10.2 Å². The number of nitrogens with zero attached hydrogens (tertiary/aromatic N) is 1. The molecule has 0 radical (unpaired) electrons. The summed E-state index contributed by atoms with van der Waals surface area (Å²) >= 11 is 0. The van der Waals surface area contributed by atoms with Crippen LogP contribution in [0.4, 0.5) is 0 Å². The van der Waals surface area contributed by atoms with Crippen LogP contribution in [0, 0.1) is 5.92 Å². The lowest BCUT2D eigenvalue weighted by molar-refractivity contribution is 0.117. The summed E-state index contributed by atoms with van der Waals surface area (Å²) in [5.74, 6) is 2.42. The van der Waals surface area contributed by atoms with Gasteiger partial charge in [-0.15, -0.1) is 0 Å². The highest BCUT2D eigenvalue weighted by Crippen LogP contribution is 2.33. The molecule has 3 rings (SSSR count). The van der Waals surface area contributed by atoms with Gasteiger partial charge in [0.1, 0.15) is 0 Å². The molecule has 1 N–H and O–H groups in total. The van der Waals surface area contributed by atoms with E-state index in [0.717, 1.165) is 37.7 Å². The van der Waals surface area contributed by atoms with E-state index in [2.05, 4.69) is 36.2 Å². The lowest BCUT2D eigenvalue weighted by Crippen LogP contribution is -2.52. The molecule has 1 aromatic rings. The van der Waals surface area contributed by atoms with Crippen LogP contribution in [0.3, 0.4) is 0 Å². The molecule has 1 fully saturated rings. The third kappa shape index (κ3) is 2.69. The molecule has 0 aliphatic carbocycles. The molecule has 0 saturated carbocycles. The van der Waals surface area contributed by atoms with E-state index in [1.54, 1.807) is 0 Å². The summed E-state index contributed by atoms with van der Waals surface area (Å²) < 4.78 is 10.8. The molecular formula is C15H22N2O2. The van der Waals surface area contributed by atoms with Gasteiger partial charge in [0.25, 0.3) is 0 Å². The normalized spacial score (nSPS) is 23.0. The van der Waals surface area contributed by atoms with Gasteiger partial charge in [-0.05, 0) is 23.6 Å². The van der Waals surface area contributed by atoms with Gasteiger partial charge in [-0.3, -0.25) is 4.90 Å². The third-order valence-corrected chi connectivity index (χ3v) is 3.99. The van der Waals surface area contributed by atoms with Crippen molar-refractivity contribution in [2.45, 2.75) is 26.4 Å². The van der Waals surface area contributed by atoms with Gasteiger partial charge >= 0.3 is 0 Å². The molecule has 2 aliphatic heterocycles. The molecule has 1 atom stereocenters. The van der Waals surface area contributed by atoms with E-state index in [0.29, 0.717) is 18.8 Å². The largest absolute Gasteiger partial charge is 0.454 e. The summed E-state index contributed by atoms with van der Waals surface area (Å²) in [5.41, 5.74) is 1.30. The third-order valence-electron chi connectivity index (χ3n) is 3.99. The van der Waals surface area contributed by atoms with Gasteiger partial charge in [-0.2, -0.15) is 0 Å². The van der Waals surface area contributed by atoms with Crippen LogP contribution in [-0.4, -0.2) is 37.4 Å². The highest BCUT2D eigenvalue weighted by atomic mass is 16.7. The van der Waals surface area contributed by atoms with Crippen molar-refractivity contribution in [2.24, 2.45) is 5.92 Å². The van der Waals surface area contributed by atoms with Crippen molar-refractivity contribution in [3.05, 3.63) is 23.8 Å². The number of ether oxygens (including phenoxy) is 2. The second-order valence-corrected chi connectivity index (χ2v) is 5.67. The molecule has 0 spiro atoms. The molecule has 1 unspecified atom stereocenters. The fourth-order valence-corrected chi connectivity index (χ4v) is 2.89. The number of rotatable bonds is 3. The summed E-state index contributed by atoms with van der Waals surface area (Å²) in [6, 6.07) is 6.89. The van der Waals surface area contributed by atoms with Crippen LogP contribution in [-0.2, 0) is 6.54 Å². The second kappa shape index (κ2) is 5.39. The smallest absolute Gasteiger partial charge is 0.231 e. The van der Waals surface area contributed by atoms with Crippen molar-refractivity contribution < 1.29 is 9.47 Å². The Labute approximate surface area is 114 Å². The van der Waals surface area contributed by atoms with E-state index >= 15 is 0 Å². The molecule has 4 heteroatoms. The molecule has 0 bridgehead atoms. The Balaban J connectivity index is 1.72. The maximum Gasteiger partial charge on any atom is 0.231 e. The fourth-order valence-electron chi connectivity index (χ4n) is 2.89. The SMILES string of the molecule is CC(C)C1CNCCN1Cc1ccc2c(c1)OCO2. The first-order valence-corrected chi connectivity index (χ1v) is 7.07. The molecule has 0 aromatic heterocycles. The minimum absolute atomic E-state index is 0.348. The lowest BCUT2D eigenvalue weighted by Gasteiger charge is -2.38. The van der Waals surface area contributed by atoms with Crippen LogP contribution in [0.15, 0.2) is 18.2 Å². The predicted octanol–water partition coefficient (Wildman–Crippen LogP) is 1.85. The predicted molar refractivity (Wildman–Crippen MR) is 74.5 cm³/mol. The van der Waals surface area contributed by atoms with Crippen LogP contribution in [0.2, 0.25) is 0 Å². The number of hydrogen-bond acceptors (Lipinski definition) is 4. The Bertz CT molecular complexity index is 448. The lowest BCUT2D eigenvalue weighted by atomic mass is 9.99. The van der Waals surface area contributed by atoms with E-state index in [4.69, 9.17) is 9.47 Å². The highest BCUT2D eigenvalue weighted by molar-refractivity contribution is 5.44. The maximum absolute atomic E-state index is 5.45. The second-order valence-electron chi connectivity index (χ2n) is 5.67. The van der Waals surface area contributed by atoms with Crippen molar-refractivity contribution in [2.75, 3.05) is 26.4 Å². The summed E-state index contributed by atoms with van der Waals surface area (Å²) in [7, 11) is 0. The quantitative estimate of drug-likeness (QED) is 0.901. The zero-order valence-corrected chi connectivity index (χ0v) is 11.7. The van der Waals surface area contributed by atoms with Gasteiger partial charge in [-0.1, -0.05) is 19.9 Å². The van der Waals surface area contributed by atoms with E-state index in [9.17, 15) is 0 Å². The molecule has 19 heavy (non-hydrogen) atoms. The van der Waals surface area contributed by atoms with Gasteiger partial charge < -0.3 is 14.8 Å². The summed E-state index contributed by atoms with van der Waals surface area (Å²) in [5, 5.41) is 3.49.